The SMILES string of the molecule is CCOC(=O)C(C)(C)OC(=O)C(C)(C)O. The Kier molecular flexibility index (Phi) is 4.27. The molecule has 5 heteroatoms. The normalized spacial score (nSPS) is 12.1. The fourth-order valence-corrected chi connectivity index (χ4v) is 0.703. The van der Waals surface area contributed by atoms with Crippen LogP contribution >= 0.6 is 0 Å². The van der Waals surface area contributed by atoms with Crippen LogP contribution in [0.25, 0.3) is 0 Å². The molecule has 0 atom stereocenters. The van der Waals surface area contributed by atoms with Gasteiger partial charge < -0.3 is 14.6 Å². The molecule has 0 heterocycles. The smallest absolute Gasteiger partial charge is 0.349 e. The highest BCUT2D eigenvalue weighted by atomic mass is 16.6. The molecule has 0 amide bonds. The third-order valence-corrected chi connectivity index (χ3v) is 1.61. The van der Waals surface area contributed by atoms with E-state index in [0.29, 0.717) is 0 Å². The minimum absolute atomic E-state index is 0.211. The molecule has 0 spiro atoms. The molecule has 0 fully saturated rings. The van der Waals surface area contributed by atoms with Gasteiger partial charge in [0.15, 0.2) is 5.60 Å². The van der Waals surface area contributed by atoms with E-state index in [-0.39, 0.29) is 6.61 Å². The molecule has 0 saturated heterocycles. The zero-order valence-electron chi connectivity index (χ0n) is 9.79. The van der Waals surface area contributed by atoms with Gasteiger partial charge in [0, 0.05) is 0 Å². The van der Waals surface area contributed by atoms with Crippen LogP contribution in [0, 0.1) is 0 Å². The summed E-state index contributed by atoms with van der Waals surface area (Å²) < 4.78 is 9.58. The van der Waals surface area contributed by atoms with E-state index in [2.05, 4.69) is 0 Å². The molecule has 0 aromatic carbocycles. The first kappa shape index (κ1) is 13.9. The van der Waals surface area contributed by atoms with Gasteiger partial charge in [0.2, 0.25) is 5.60 Å². The second-order valence-corrected chi connectivity index (χ2v) is 4.18. The number of carbonyl (C=O) groups is 2. The summed E-state index contributed by atoms with van der Waals surface area (Å²) in [6.45, 7) is 7.27. The van der Waals surface area contributed by atoms with Crippen LogP contribution in [0.1, 0.15) is 34.6 Å². The van der Waals surface area contributed by atoms with Crippen molar-refractivity contribution in [3.05, 3.63) is 0 Å². The van der Waals surface area contributed by atoms with Crippen molar-refractivity contribution in [2.45, 2.75) is 45.8 Å². The van der Waals surface area contributed by atoms with Gasteiger partial charge in [-0.2, -0.15) is 0 Å². The molecule has 0 rings (SSSR count). The summed E-state index contributed by atoms with van der Waals surface area (Å²) in [7, 11) is 0. The Labute approximate surface area is 89.4 Å². The number of ether oxygens (including phenoxy) is 2. The second-order valence-electron chi connectivity index (χ2n) is 4.18. The topological polar surface area (TPSA) is 72.8 Å². The monoisotopic (exact) mass is 218 g/mol. The minimum Gasteiger partial charge on any atom is -0.463 e. The van der Waals surface area contributed by atoms with E-state index in [0.717, 1.165) is 0 Å². The highest BCUT2D eigenvalue weighted by Crippen LogP contribution is 2.16. The lowest BCUT2D eigenvalue weighted by atomic mass is 10.1. The van der Waals surface area contributed by atoms with Crippen molar-refractivity contribution in [1.29, 1.82) is 0 Å². The Morgan fingerprint density at radius 1 is 1.13 bits per heavy atom. The Morgan fingerprint density at radius 2 is 1.60 bits per heavy atom. The van der Waals surface area contributed by atoms with Crippen LogP contribution in [-0.4, -0.2) is 34.9 Å². The lowest BCUT2D eigenvalue weighted by Gasteiger charge is -2.26. The summed E-state index contributed by atoms with van der Waals surface area (Å²) in [5, 5.41) is 9.33. The average Bonchev–Trinajstić information content (AvgIpc) is 2.02. The van der Waals surface area contributed by atoms with Gasteiger partial charge in [-0.3, -0.25) is 0 Å². The standard InChI is InChI=1S/C10H18O5/c1-6-14-8(12)10(4,5)15-7(11)9(2,3)13/h13H,6H2,1-5H3. The highest BCUT2D eigenvalue weighted by Gasteiger charge is 2.38. The van der Waals surface area contributed by atoms with E-state index in [1.54, 1.807) is 6.92 Å². The molecule has 1 N–H and O–H groups in total. The van der Waals surface area contributed by atoms with Crippen molar-refractivity contribution in [2.75, 3.05) is 6.61 Å². The molecule has 0 aliphatic rings. The Balaban J connectivity index is 4.51. The summed E-state index contributed by atoms with van der Waals surface area (Å²) in [6, 6.07) is 0. The van der Waals surface area contributed by atoms with Gasteiger partial charge in [0.05, 0.1) is 6.61 Å². The fraction of sp³-hybridized carbons (Fsp3) is 0.800. The highest BCUT2D eigenvalue weighted by molar-refractivity contribution is 5.85. The summed E-state index contributed by atoms with van der Waals surface area (Å²) >= 11 is 0. The third-order valence-electron chi connectivity index (χ3n) is 1.61. The molecule has 0 unspecified atom stereocenters. The van der Waals surface area contributed by atoms with Gasteiger partial charge >= 0.3 is 11.9 Å². The summed E-state index contributed by atoms with van der Waals surface area (Å²) in [4.78, 5) is 22.7. The molecule has 5 nitrogen and oxygen atoms in total. The van der Waals surface area contributed by atoms with Crippen LogP contribution < -0.4 is 0 Å². The number of esters is 2. The van der Waals surface area contributed by atoms with Crippen LogP contribution in [0.3, 0.4) is 0 Å². The first-order valence-corrected chi connectivity index (χ1v) is 4.74. The van der Waals surface area contributed by atoms with Gasteiger partial charge in [0.25, 0.3) is 0 Å². The quantitative estimate of drug-likeness (QED) is 0.701. The van der Waals surface area contributed by atoms with Crippen LogP contribution in [-0.2, 0) is 19.1 Å². The summed E-state index contributed by atoms with van der Waals surface area (Å²) in [6.07, 6.45) is 0. The molecule has 0 aliphatic heterocycles. The maximum Gasteiger partial charge on any atom is 0.349 e. The fourth-order valence-electron chi connectivity index (χ4n) is 0.703. The zero-order valence-corrected chi connectivity index (χ0v) is 9.79. The lowest BCUT2D eigenvalue weighted by molar-refractivity contribution is -0.188. The zero-order chi connectivity index (χ0) is 12.3. The molecule has 0 aromatic rings. The number of hydrogen-bond donors (Lipinski definition) is 1. The van der Waals surface area contributed by atoms with Crippen LogP contribution in [0.15, 0.2) is 0 Å². The van der Waals surface area contributed by atoms with Crippen molar-refractivity contribution in [3.8, 4) is 0 Å². The lowest BCUT2D eigenvalue weighted by Crippen LogP contribution is -2.44. The molecule has 0 radical (unpaired) electrons. The van der Waals surface area contributed by atoms with Gasteiger partial charge in [-0.1, -0.05) is 0 Å². The van der Waals surface area contributed by atoms with Crippen LogP contribution in [0.4, 0.5) is 0 Å². The first-order chi connectivity index (χ1) is 6.61. The van der Waals surface area contributed by atoms with Crippen molar-refractivity contribution < 1.29 is 24.2 Å². The second kappa shape index (κ2) is 4.61. The minimum atomic E-state index is -1.62. The van der Waals surface area contributed by atoms with Crippen LogP contribution in [0.5, 0.6) is 0 Å². The molecular formula is C10H18O5. The molecule has 0 aliphatic carbocycles. The van der Waals surface area contributed by atoms with Gasteiger partial charge in [0.1, 0.15) is 0 Å². The van der Waals surface area contributed by atoms with E-state index in [9.17, 15) is 14.7 Å². The molecule has 0 saturated carbocycles. The summed E-state index contributed by atoms with van der Waals surface area (Å²) in [5.41, 5.74) is -3.00. The average molecular weight is 218 g/mol. The Bertz CT molecular complexity index is 249. The van der Waals surface area contributed by atoms with Gasteiger partial charge in [-0.15, -0.1) is 0 Å². The van der Waals surface area contributed by atoms with Gasteiger partial charge in [-0.05, 0) is 34.6 Å². The number of rotatable bonds is 4. The number of hydrogen-bond acceptors (Lipinski definition) is 5. The van der Waals surface area contributed by atoms with E-state index in [1.165, 1.54) is 27.7 Å². The Hall–Kier alpha value is -1.10. The predicted octanol–water partition coefficient (Wildman–Crippen LogP) is 0.642. The largest absolute Gasteiger partial charge is 0.463 e. The van der Waals surface area contributed by atoms with E-state index >= 15 is 0 Å². The van der Waals surface area contributed by atoms with E-state index in [4.69, 9.17) is 9.47 Å². The van der Waals surface area contributed by atoms with Crippen molar-refractivity contribution >= 4 is 11.9 Å². The van der Waals surface area contributed by atoms with Gasteiger partial charge in [-0.25, -0.2) is 9.59 Å². The van der Waals surface area contributed by atoms with Crippen LogP contribution in [0.2, 0.25) is 0 Å². The third kappa shape index (κ3) is 4.29. The van der Waals surface area contributed by atoms with Crippen molar-refractivity contribution in [3.63, 3.8) is 0 Å². The first-order valence-electron chi connectivity index (χ1n) is 4.74. The number of carbonyl (C=O) groups excluding carboxylic acids is 2. The maximum absolute atomic E-state index is 11.3. The molecule has 0 aromatic heterocycles. The maximum atomic E-state index is 11.3. The Morgan fingerprint density at radius 3 is 1.93 bits per heavy atom. The number of aliphatic hydroxyl groups is 1. The van der Waals surface area contributed by atoms with E-state index < -0.39 is 23.1 Å². The molecule has 15 heavy (non-hydrogen) atoms. The molecule has 88 valence electrons. The summed E-state index contributed by atoms with van der Waals surface area (Å²) in [5.74, 6) is -1.50. The predicted molar refractivity (Wildman–Crippen MR) is 53.1 cm³/mol. The van der Waals surface area contributed by atoms with Crippen molar-refractivity contribution in [2.24, 2.45) is 0 Å². The van der Waals surface area contributed by atoms with E-state index in [1.807, 2.05) is 0 Å². The molecule has 0 bridgehead atoms. The van der Waals surface area contributed by atoms with Crippen molar-refractivity contribution in [1.82, 2.24) is 0 Å². The molecular weight excluding hydrogens is 200 g/mol.